The molecule has 0 saturated carbocycles. The van der Waals surface area contributed by atoms with Crippen LogP contribution in [0.15, 0.2) is 29.2 Å². The van der Waals surface area contributed by atoms with Crippen molar-refractivity contribution < 1.29 is 28.2 Å². The van der Waals surface area contributed by atoms with Crippen molar-refractivity contribution in [2.24, 2.45) is 0 Å². The van der Waals surface area contributed by atoms with Crippen LogP contribution in [-0.4, -0.2) is 36.3 Å². The second-order valence-corrected chi connectivity index (χ2v) is 5.47. The van der Waals surface area contributed by atoms with Gasteiger partial charge in [-0.05, 0) is 19.1 Å². The predicted molar refractivity (Wildman–Crippen MR) is 64.2 cm³/mol. The minimum atomic E-state index is -3.68. The van der Waals surface area contributed by atoms with Crippen LogP contribution in [-0.2, 0) is 19.4 Å². The standard InChI is InChI=1S/C9H10O4S.C2H4O2/c1-7-2-4-8(5-3-7)14(12,13)6-9(10)11;1-2(3)4/h2-5H,6H2,1H3,(H,10,11);1H3,(H,3,4). The van der Waals surface area contributed by atoms with Crippen molar-refractivity contribution in [2.45, 2.75) is 18.7 Å². The molecule has 0 aliphatic rings. The Morgan fingerprint density at radius 2 is 1.50 bits per heavy atom. The van der Waals surface area contributed by atoms with E-state index in [-0.39, 0.29) is 4.90 Å². The number of hydrogen-bond acceptors (Lipinski definition) is 4. The highest BCUT2D eigenvalue weighted by Crippen LogP contribution is 2.11. The summed E-state index contributed by atoms with van der Waals surface area (Å²) in [6.45, 7) is 2.91. The van der Waals surface area contributed by atoms with E-state index in [2.05, 4.69) is 0 Å². The summed E-state index contributed by atoms with van der Waals surface area (Å²) < 4.78 is 22.7. The third kappa shape index (κ3) is 6.64. The maximum atomic E-state index is 11.4. The third-order valence-corrected chi connectivity index (χ3v) is 3.31. The van der Waals surface area contributed by atoms with Gasteiger partial charge in [0.2, 0.25) is 0 Å². The minimum absolute atomic E-state index is 0.0468. The van der Waals surface area contributed by atoms with Gasteiger partial charge in [0.05, 0.1) is 4.90 Å². The smallest absolute Gasteiger partial charge is 0.319 e. The van der Waals surface area contributed by atoms with E-state index in [9.17, 15) is 13.2 Å². The van der Waals surface area contributed by atoms with Gasteiger partial charge in [-0.2, -0.15) is 0 Å². The molecule has 0 aromatic heterocycles. The molecule has 100 valence electrons. The van der Waals surface area contributed by atoms with Crippen LogP contribution >= 0.6 is 0 Å². The number of carbonyl (C=O) groups is 2. The topological polar surface area (TPSA) is 109 Å². The lowest BCUT2D eigenvalue weighted by Gasteiger charge is -2.01. The number of aliphatic carboxylic acids is 2. The molecule has 0 amide bonds. The van der Waals surface area contributed by atoms with Gasteiger partial charge in [0, 0.05) is 6.92 Å². The lowest BCUT2D eigenvalue weighted by atomic mass is 10.2. The zero-order chi connectivity index (χ0) is 14.3. The SMILES string of the molecule is CC(=O)O.Cc1ccc(S(=O)(=O)CC(=O)O)cc1. The van der Waals surface area contributed by atoms with Gasteiger partial charge in [-0.3, -0.25) is 9.59 Å². The molecule has 2 N–H and O–H groups in total. The van der Waals surface area contributed by atoms with Crippen molar-refractivity contribution in [1.82, 2.24) is 0 Å². The van der Waals surface area contributed by atoms with Crippen molar-refractivity contribution in [3.63, 3.8) is 0 Å². The first-order valence-corrected chi connectivity index (χ1v) is 6.51. The molecule has 0 atom stereocenters. The van der Waals surface area contributed by atoms with Gasteiger partial charge < -0.3 is 10.2 Å². The molecule has 18 heavy (non-hydrogen) atoms. The molecular weight excluding hydrogens is 260 g/mol. The fraction of sp³-hybridized carbons (Fsp3) is 0.273. The molecule has 0 spiro atoms. The molecule has 0 heterocycles. The first kappa shape index (κ1) is 16.1. The number of aryl methyl sites for hydroxylation is 1. The maximum Gasteiger partial charge on any atom is 0.319 e. The average molecular weight is 274 g/mol. The van der Waals surface area contributed by atoms with Crippen molar-refractivity contribution in [3.05, 3.63) is 29.8 Å². The Kier molecular flexibility index (Phi) is 6.04. The fourth-order valence-electron chi connectivity index (χ4n) is 0.991. The number of carboxylic acids is 2. The highest BCUT2D eigenvalue weighted by Gasteiger charge is 2.17. The van der Waals surface area contributed by atoms with E-state index >= 15 is 0 Å². The summed E-state index contributed by atoms with van der Waals surface area (Å²) in [4.78, 5) is 19.3. The molecule has 1 aromatic rings. The van der Waals surface area contributed by atoms with E-state index in [0.717, 1.165) is 12.5 Å². The van der Waals surface area contributed by atoms with Gasteiger partial charge in [-0.1, -0.05) is 17.7 Å². The number of rotatable bonds is 3. The molecule has 0 fully saturated rings. The summed E-state index contributed by atoms with van der Waals surface area (Å²) in [5.41, 5.74) is 0.930. The van der Waals surface area contributed by atoms with E-state index in [4.69, 9.17) is 15.0 Å². The van der Waals surface area contributed by atoms with Crippen molar-refractivity contribution in [2.75, 3.05) is 5.75 Å². The van der Waals surface area contributed by atoms with E-state index in [1.807, 2.05) is 6.92 Å². The number of hydrogen-bond donors (Lipinski definition) is 2. The van der Waals surface area contributed by atoms with Crippen LogP contribution in [0.1, 0.15) is 12.5 Å². The Morgan fingerprint density at radius 1 is 1.11 bits per heavy atom. The molecule has 0 unspecified atom stereocenters. The van der Waals surface area contributed by atoms with Crippen LogP contribution in [0, 0.1) is 6.92 Å². The molecule has 0 bridgehead atoms. The van der Waals surface area contributed by atoms with Crippen LogP contribution in [0.3, 0.4) is 0 Å². The van der Waals surface area contributed by atoms with E-state index in [1.54, 1.807) is 12.1 Å². The summed E-state index contributed by atoms with van der Waals surface area (Å²) in [7, 11) is -3.68. The van der Waals surface area contributed by atoms with Crippen molar-refractivity contribution in [3.8, 4) is 0 Å². The Labute approximate surface area is 105 Å². The molecule has 0 radical (unpaired) electrons. The summed E-state index contributed by atoms with van der Waals surface area (Å²) in [6, 6.07) is 6.09. The van der Waals surface area contributed by atoms with Crippen LogP contribution in [0.25, 0.3) is 0 Å². The Morgan fingerprint density at radius 3 is 1.83 bits per heavy atom. The number of carboxylic acid groups (broad SMARTS) is 2. The molecule has 0 aliphatic heterocycles. The highest BCUT2D eigenvalue weighted by atomic mass is 32.2. The van der Waals surface area contributed by atoms with Gasteiger partial charge in [0.1, 0.15) is 0 Å². The fourth-order valence-corrected chi connectivity index (χ4v) is 2.03. The summed E-state index contributed by atoms with van der Waals surface area (Å²) in [5, 5.41) is 15.8. The molecule has 0 saturated heterocycles. The molecular formula is C11H14O6S. The third-order valence-electron chi connectivity index (χ3n) is 1.69. The second-order valence-electron chi connectivity index (χ2n) is 3.48. The summed E-state index contributed by atoms with van der Waals surface area (Å²) >= 11 is 0. The van der Waals surface area contributed by atoms with Crippen LogP contribution < -0.4 is 0 Å². The largest absolute Gasteiger partial charge is 0.481 e. The quantitative estimate of drug-likeness (QED) is 0.849. The van der Waals surface area contributed by atoms with Crippen LogP contribution in [0.4, 0.5) is 0 Å². The zero-order valence-electron chi connectivity index (χ0n) is 9.95. The normalized spacial score (nSPS) is 10.1. The van der Waals surface area contributed by atoms with Gasteiger partial charge in [0.25, 0.3) is 5.97 Å². The number of benzene rings is 1. The molecule has 6 nitrogen and oxygen atoms in total. The first-order chi connectivity index (χ1) is 8.15. The van der Waals surface area contributed by atoms with Gasteiger partial charge in [-0.25, -0.2) is 8.42 Å². The predicted octanol–water partition coefficient (Wildman–Crippen LogP) is 0.944. The number of sulfone groups is 1. The Bertz CT molecular complexity index is 511. The Balaban J connectivity index is 0.000000631. The van der Waals surface area contributed by atoms with Crippen LogP contribution in [0.2, 0.25) is 0 Å². The van der Waals surface area contributed by atoms with Crippen molar-refractivity contribution in [1.29, 1.82) is 0 Å². The minimum Gasteiger partial charge on any atom is -0.481 e. The van der Waals surface area contributed by atoms with Crippen molar-refractivity contribution >= 4 is 21.8 Å². The van der Waals surface area contributed by atoms with Gasteiger partial charge in [-0.15, -0.1) is 0 Å². The molecule has 1 rings (SSSR count). The van der Waals surface area contributed by atoms with E-state index < -0.39 is 27.5 Å². The maximum absolute atomic E-state index is 11.4. The highest BCUT2D eigenvalue weighted by molar-refractivity contribution is 7.92. The monoisotopic (exact) mass is 274 g/mol. The summed E-state index contributed by atoms with van der Waals surface area (Å²) in [6.07, 6.45) is 0. The molecule has 1 aromatic carbocycles. The van der Waals surface area contributed by atoms with E-state index in [0.29, 0.717) is 0 Å². The molecule has 0 aliphatic carbocycles. The Hall–Kier alpha value is -1.89. The zero-order valence-corrected chi connectivity index (χ0v) is 10.8. The second kappa shape index (κ2) is 6.75. The summed E-state index contributed by atoms with van der Waals surface area (Å²) in [5.74, 6) is -3.04. The average Bonchev–Trinajstić information content (AvgIpc) is 2.15. The van der Waals surface area contributed by atoms with Gasteiger partial charge >= 0.3 is 5.97 Å². The molecule has 7 heteroatoms. The van der Waals surface area contributed by atoms with E-state index in [1.165, 1.54) is 12.1 Å². The van der Waals surface area contributed by atoms with Gasteiger partial charge in [0.15, 0.2) is 15.6 Å². The lowest BCUT2D eigenvalue weighted by Crippen LogP contribution is -2.15. The lowest BCUT2D eigenvalue weighted by molar-refractivity contribution is -0.135. The van der Waals surface area contributed by atoms with Crippen LogP contribution in [0.5, 0.6) is 0 Å². The first-order valence-electron chi connectivity index (χ1n) is 4.86.